The summed E-state index contributed by atoms with van der Waals surface area (Å²) in [5.41, 5.74) is 4.38. The molecule has 1 aliphatic rings. The second-order valence-electron chi connectivity index (χ2n) is 10.3. The van der Waals surface area contributed by atoms with Crippen molar-refractivity contribution >= 4 is 17.3 Å². The van der Waals surface area contributed by atoms with Crippen LogP contribution in [-0.4, -0.2) is 36.2 Å². The van der Waals surface area contributed by atoms with E-state index in [1.165, 1.54) is 11.3 Å². The molecule has 0 saturated carbocycles. The molecule has 1 heterocycles. The van der Waals surface area contributed by atoms with Gasteiger partial charge in [-0.3, -0.25) is 4.90 Å². The first-order valence-electron chi connectivity index (χ1n) is 10.5. The fourth-order valence-electron chi connectivity index (χ4n) is 4.02. The number of anilines is 1. The highest BCUT2D eigenvalue weighted by Crippen LogP contribution is 2.40. The molecule has 0 radical (unpaired) electrons. The van der Waals surface area contributed by atoms with Gasteiger partial charge < -0.3 is 10.0 Å². The molecular weight excluding hydrogens is 380 g/mol. The van der Waals surface area contributed by atoms with Gasteiger partial charge in [0.1, 0.15) is 5.75 Å². The van der Waals surface area contributed by atoms with Crippen molar-refractivity contribution < 1.29 is 5.11 Å². The van der Waals surface area contributed by atoms with Gasteiger partial charge in [0.05, 0.1) is 0 Å². The summed E-state index contributed by atoms with van der Waals surface area (Å²) >= 11 is 6.16. The molecule has 3 rings (SSSR count). The minimum Gasteiger partial charge on any atom is -0.507 e. The molecule has 29 heavy (non-hydrogen) atoms. The van der Waals surface area contributed by atoms with Gasteiger partial charge in [0.15, 0.2) is 0 Å². The number of rotatable bonds is 3. The molecule has 0 spiro atoms. The van der Waals surface area contributed by atoms with Gasteiger partial charge in [-0.2, -0.15) is 0 Å². The Labute approximate surface area is 181 Å². The molecule has 0 amide bonds. The zero-order valence-electron chi connectivity index (χ0n) is 18.7. The number of nitrogens with zero attached hydrogens (tertiary/aromatic N) is 2. The Morgan fingerprint density at radius 1 is 0.862 bits per heavy atom. The molecule has 0 aromatic heterocycles. The maximum Gasteiger partial charge on any atom is 0.123 e. The van der Waals surface area contributed by atoms with Crippen LogP contribution in [0.5, 0.6) is 5.75 Å². The first-order valence-corrected chi connectivity index (χ1v) is 10.9. The summed E-state index contributed by atoms with van der Waals surface area (Å²) < 4.78 is 0. The summed E-state index contributed by atoms with van der Waals surface area (Å²) in [7, 11) is 0. The van der Waals surface area contributed by atoms with Crippen molar-refractivity contribution in [2.75, 3.05) is 31.1 Å². The SMILES string of the molecule is CC(C)(C)c1cc(CN2CCN(c3cccc(Cl)c3)CC2)cc(C(C)(C)C)c1O. The molecule has 0 atom stereocenters. The van der Waals surface area contributed by atoms with Crippen molar-refractivity contribution in [1.29, 1.82) is 0 Å². The molecule has 1 fully saturated rings. The lowest BCUT2D eigenvalue weighted by Crippen LogP contribution is -2.46. The van der Waals surface area contributed by atoms with Gasteiger partial charge in [0.25, 0.3) is 0 Å². The third-order valence-electron chi connectivity index (χ3n) is 5.74. The number of halogens is 1. The number of phenols is 1. The van der Waals surface area contributed by atoms with Crippen molar-refractivity contribution in [3.63, 3.8) is 0 Å². The molecular formula is C25H35ClN2O. The zero-order valence-corrected chi connectivity index (χ0v) is 19.5. The smallest absolute Gasteiger partial charge is 0.123 e. The Bertz CT molecular complexity index is 821. The van der Waals surface area contributed by atoms with Gasteiger partial charge in [-0.05, 0) is 45.7 Å². The summed E-state index contributed by atoms with van der Waals surface area (Å²) in [5, 5.41) is 11.7. The predicted molar refractivity (Wildman–Crippen MR) is 124 cm³/mol. The van der Waals surface area contributed by atoms with Crippen LogP contribution in [0.15, 0.2) is 36.4 Å². The number of benzene rings is 2. The Hall–Kier alpha value is -1.71. The maximum absolute atomic E-state index is 10.9. The zero-order chi connectivity index (χ0) is 21.4. The highest BCUT2D eigenvalue weighted by atomic mass is 35.5. The monoisotopic (exact) mass is 414 g/mol. The lowest BCUT2D eigenvalue weighted by molar-refractivity contribution is 0.249. The van der Waals surface area contributed by atoms with E-state index in [1.54, 1.807) is 0 Å². The van der Waals surface area contributed by atoms with Gasteiger partial charge in [-0.1, -0.05) is 71.3 Å². The molecule has 3 nitrogen and oxygen atoms in total. The van der Waals surface area contributed by atoms with E-state index in [4.69, 9.17) is 11.6 Å². The lowest BCUT2D eigenvalue weighted by atomic mass is 9.78. The van der Waals surface area contributed by atoms with E-state index in [1.807, 2.05) is 18.2 Å². The van der Waals surface area contributed by atoms with E-state index in [2.05, 4.69) is 69.5 Å². The summed E-state index contributed by atoms with van der Waals surface area (Å²) in [5.74, 6) is 0.458. The quantitative estimate of drug-likeness (QED) is 0.670. The minimum absolute atomic E-state index is 0.0919. The van der Waals surface area contributed by atoms with Crippen molar-refractivity contribution in [3.05, 3.63) is 58.1 Å². The number of piperazine rings is 1. The summed E-state index contributed by atoms with van der Waals surface area (Å²) in [6.07, 6.45) is 0. The maximum atomic E-state index is 10.9. The summed E-state index contributed by atoms with van der Waals surface area (Å²) in [4.78, 5) is 4.91. The highest BCUT2D eigenvalue weighted by molar-refractivity contribution is 6.30. The Morgan fingerprint density at radius 3 is 1.90 bits per heavy atom. The average molecular weight is 415 g/mol. The normalized spacial score (nSPS) is 16.3. The van der Waals surface area contributed by atoms with Crippen LogP contribution in [0.4, 0.5) is 5.69 Å². The van der Waals surface area contributed by atoms with Crippen LogP contribution in [0.3, 0.4) is 0 Å². The first kappa shape index (κ1) is 22.0. The van der Waals surface area contributed by atoms with E-state index in [-0.39, 0.29) is 10.8 Å². The predicted octanol–water partition coefficient (Wildman–Crippen LogP) is 5.96. The van der Waals surface area contributed by atoms with Crippen molar-refractivity contribution in [2.45, 2.75) is 58.9 Å². The van der Waals surface area contributed by atoms with Crippen LogP contribution in [0.25, 0.3) is 0 Å². The topological polar surface area (TPSA) is 26.7 Å². The molecule has 2 aromatic rings. The van der Waals surface area contributed by atoms with Crippen LogP contribution in [0, 0.1) is 0 Å². The Kier molecular flexibility index (Phi) is 6.21. The van der Waals surface area contributed by atoms with Crippen LogP contribution >= 0.6 is 11.6 Å². The minimum atomic E-state index is -0.0919. The lowest BCUT2D eigenvalue weighted by Gasteiger charge is -2.36. The van der Waals surface area contributed by atoms with Crippen molar-refractivity contribution in [2.24, 2.45) is 0 Å². The summed E-state index contributed by atoms with van der Waals surface area (Å²) in [6, 6.07) is 12.5. The van der Waals surface area contributed by atoms with E-state index in [0.717, 1.165) is 48.9 Å². The van der Waals surface area contributed by atoms with Crippen LogP contribution in [0.2, 0.25) is 5.02 Å². The standard InChI is InChI=1S/C25H35ClN2O/c1-24(2,3)21-14-18(15-22(23(21)29)25(4,5)6)17-27-10-12-28(13-11-27)20-9-7-8-19(26)16-20/h7-9,14-16,29H,10-13,17H2,1-6H3. The number of hydrogen-bond acceptors (Lipinski definition) is 3. The Balaban J connectivity index is 1.77. The molecule has 158 valence electrons. The van der Waals surface area contributed by atoms with E-state index in [9.17, 15) is 5.11 Å². The van der Waals surface area contributed by atoms with Crippen LogP contribution in [-0.2, 0) is 17.4 Å². The van der Waals surface area contributed by atoms with Gasteiger partial charge in [0.2, 0.25) is 0 Å². The van der Waals surface area contributed by atoms with Gasteiger partial charge in [-0.25, -0.2) is 0 Å². The van der Waals surface area contributed by atoms with Crippen molar-refractivity contribution in [3.8, 4) is 5.75 Å². The molecule has 1 saturated heterocycles. The molecule has 4 heteroatoms. The third kappa shape index (κ3) is 5.26. The van der Waals surface area contributed by atoms with Gasteiger partial charge in [0, 0.05) is 43.4 Å². The van der Waals surface area contributed by atoms with Crippen LogP contribution < -0.4 is 4.90 Å². The van der Waals surface area contributed by atoms with E-state index >= 15 is 0 Å². The number of phenolic OH excluding ortho intramolecular Hbond substituents is 1. The largest absolute Gasteiger partial charge is 0.507 e. The molecule has 0 unspecified atom stereocenters. The molecule has 0 aliphatic carbocycles. The Morgan fingerprint density at radius 2 is 1.41 bits per heavy atom. The van der Waals surface area contributed by atoms with E-state index in [0.29, 0.717) is 5.75 Å². The molecule has 0 bridgehead atoms. The number of hydrogen-bond donors (Lipinski definition) is 1. The van der Waals surface area contributed by atoms with Crippen molar-refractivity contribution in [1.82, 2.24) is 4.90 Å². The molecule has 2 aromatic carbocycles. The van der Waals surface area contributed by atoms with E-state index < -0.39 is 0 Å². The molecule has 1 aliphatic heterocycles. The second-order valence-corrected chi connectivity index (χ2v) is 10.7. The molecule has 1 N–H and O–H groups in total. The fourth-order valence-corrected chi connectivity index (χ4v) is 4.21. The third-order valence-corrected chi connectivity index (χ3v) is 5.97. The van der Waals surface area contributed by atoms with Crippen LogP contribution in [0.1, 0.15) is 58.2 Å². The average Bonchev–Trinajstić information content (AvgIpc) is 2.62. The van der Waals surface area contributed by atoms with Gasteiger partial charge >= 0.3 is 0 Å². The van der Waals surface area contributed by atoms with Gasteiger partial charge in [-0.15, -0.1) is 0 Å². The summed E-state index contributed by atoms with van der Waals surface area (Å²) in [6.45, 7) is 18.0. The second kappa shape index (κ2) is 8.20. The highest BCUT2D eigenvalue weighted by Gasteiger charge is 2.27. The first-order chi connectivity index (χ1) is 13.4. The number of aromatic hydroxyl groups is 1. The fraction of sp³-hybridized carbons (Fsp3) is 0.520.